The highest BCUT2D eigenvalue weighted by atomic mass is 16.5. The van der Waals surface area contributed by atoms with Crippen LogP contribution >= 0.6 is 0 Å². The third kappa shape index (κ3) is 4.62. The zero-order chi connectivity index (χ0) is 14.4. The van der Waals surface area contributed by atoms with Gasteiger partial charge in [-0.3, -0.25) is 4.79 Å². The van der Waals surface area contributed by atoms with Crippen molar-refractivity contribution in [3.05, 3.63) is 29.8 Å². The molecule has 0 spiro atoms. The molecule has 0 bridgehead atoms. The topological polar surface area (TPSA) is 64.6 Å². The fraction of sp³-hybridized carbons (Fsp3) is 0.429. The third-order valence-corrected chi connectivity index (χ3v) is 2.37. The number of hydrogen-bond donors (Lipinski definition) is 1. The minimum atomic E-state index is -0.796. The molecule has 1 aromatic rings. The largest absolute Gasteiger partial charge is 0.491 e. The Hall–Kier alpha value is -2.04. The third-order valence-electron chi connectivity index (χ3n) is 2.37. The van der Waals surface area contributed by atoms with Crippen LogP contribution in [0.2, 0.25) is 0 Å². The first kappa shape index (κ1) is 15.0. The molecule has 0 fully saturated rings. The van der Waals surface area contributed by atoms with Crippen molar-refractivity contribution in [1.29, 1.82) is 0 Å². The molecule has 1 atom stereocenters. The van der Waals surface area contributed by atoms with Crippen molar-refractivity contribution in [3.8, 4) is 5.75 Å². The molecule has 5 nitrogen and oxygen atoms in total. The Morgan fingerprint density at radius 3 is 2.16 bits per heavy atom. The van der Waals surface area contributed by atoms with Crippen LogP contribution in [0.25, 0.3) is 0 Å². The van der Waals surface area contributed by atoms with Gasteiger partial charge in [0.05, 0.1) is 13.2 Å². The molecule has 1 unspecified atom stereocenters. The molecular weight excluding hydrogens is 246 g/mol. The first-order chi connectivity index (χ1) is 8.93. The highest BCUT2D eigenvalue weighted by Crippen LogP contribution is 2.19. The van der Waals surface area contributed by atoms with Crippen LogP contribution in [0.4, 0.5) is 0 Å². The van der Waals surface area contributed by atoms with Crippen LogP contribution < -0.4 is 10.1 Å². The van der Waals surface area contributed by atoms with E-state index in [0.717, 1.165) is 0 Å². The van der Waals surface area contributed by atoms with Gasteiger partial charge in [-0.2, -0.15) is 0 Å². The molecule has 1 amide bonds. The molecule has 0 aliphatic carbocycles. The van der Waals surface area contributed by atoms with Crippen LogP contribution in [-0.4, -0.2) is 25.1 Å². The monoisotopic (exact) mass is 265 g/mol. The number of hydrogen-bond acceptors (Lipinski definition) is 4. The van der Waals surface area contributed by atoms with E-state index < -0.39 is 12.0 Å². The average Bonchev–Trinajstić information content (AvgIpc) is 2.35. The summed E-state index contributed by atoms with van der Waals surface area (Å²) in [6.45, 7) is 5.22. The first-order valence-corrected chi connectivity index (χ1v) is 6.05. The second-order valence-corrected chi connectivity index (χ2v) is 4.39. The Morgan fingerprint density at radius 1 is 1.16 bits per heavy atom. The summed E-state index contributed by atoms with van der Waals surface area (Å²) >= 11 is 0. The Morgan fingerprint density at radius 2 is 1.74 bits per heavy atom. The van der Waals surface area contributed by atoms with Gasteiger partial charge in [0.2, 0.25) is 5.91 Å². The molecule has 0 aliphatic rings. The number of ether oxygens (including phenoxy) is 2. The SMILES string of the molecule is COC(=O)C(NC(C)=O)c1ccc(OC(C)C)cc1. The van der Waals surface area contributed by atoms with Gasteiger partial charge in [-0.1, -0.05) is 12.1 Å². The molecule has 1 N–H and O–H groups in total. The lowest BCUT2D eigenvalue weighted by molar-refractivity contribution is -0.145. The van der Waals surface area contributed by atoms with E-state index in [4.69, 9.17) is 4.74 Å². The quantitative estimate of drug-likeness (QED) is 0.825. The van der Waals surface area contributed by atoms with E-state index >= 15 is 0 Å². The molecule has 5 heteroatoms. The molecule has 0 radical (unpaired) electrons. The smallest absolute Gasteiger partial charge is 0.333 e. The second kappa shape index (κ2) is 6.78. The first-order valence-electron chi connectivity index (χ1n) is 6.05. The van der Waals surface area contributed by atoms with Gasteiger partial charge in [-0.05, 0) is 31.5 Å². The van der Waals surface area contributed by atoms with Crippen LogP contribution in [0.1, 0.15) is 32.4 Å². The summed E-state index contributed by atoms with van der Waals surface area (Å²) in [7, 11) is 1.29. The second-order valence-electron chi connectivity index (χ2n) is 4.39. The average molecular weight is 265 g/mol. The molecule has 19 heavy (non-hydrogen) atoms. The zero-order valence-electron chi connectivity index (χ0n) is 11.6. The molecule has 104 valence electrons. The molecule has 0 aromatic heterocycles. The van der Waals surface area contributed by atoms with E-state index in [1.54, 1.807) is 24.3 Å². The number of carbonyl (C=O) groups excluding carboxylic acids is 2. The summed E-state index contributed by atoms with van der Waals surface area (Å²) < 4.78 is 10.2. The van der Waals surface area contributed by atoms with E-state index in [1.807, 2.05) is 13.8 Å². The molecule has 1 aromatic carbocycles. The lowest BCUT2D eigenvalue weighted by atomic mass is 10.1. The molecular formula is C14H19NO4. The van der Waals surface area contributed by atoms with Crippen LogP contribution in [0.15, 0.2) is 24.3 Å². The van der Waals surface area contributed by atoms with Crippen molar-refractivity contribution >= 4 is 11.9 Å². The Labute approximate surface area is 112 Å². The van der Waals surface area contributed by atoms with E-state index in [1.165, 1.54) is 14.0 Å². The number of nitrogens with one attached hydrogen (secondary N) is 1. The van der Waals surface area contributed by atoms with Crippen molar-refractivity contribution in [3.63, 3.8) is 0 Å². The van der Waals surface area contributed by atoms with E-state index in [-0.39, 0.29) is 12.0 Å². The Balaban J connectivity index is 2.90. The van der Waals surface area contributed by atoms with Crippen molar-refractivity contribution in [2.24, 2.45) is 0 Å². The standard InChI is InChI=1S/C14H19NO4/c1-9(2)19-12-7-5-11(6-8-12)13(14(17)18-4)15-10(3)16/h5-9,13H,1-4H3,(H,15,16). The van der Waals surface area contributed by atoms with Gasteiger partial charge >= 0.3 is 5.97 Å². The summed E-state index contributed by atoms with van der Waals surface area (Å²) in [6.07, 6.45) is 0.0811. The number of carbonyl (C=O) groups is 2. The summed E-state index contributed by atoms with van der Waals surface area (Å²) in [4.78, 5) is 22.8. The van der Waals surface area contributed by atoms with Crippen LogP contribution in [0.5, 0.6) is 5.75 Å². The number of methoxy groups -OCH3 is 1. The Bertz CT molecular complexity index is 439. The van der Waals surface area contributed by atoms with E-state index in [0.29, 0.717) is 11.3 Å². The predicted molar refractivity (Wildman–Crippen MR) is 70.8 cm³/mol. The van der Waals surface area contributed by atoms with Gasteiger partial charge in [-0.25, -0.2) is 4.79 Å². The number of benzene rings is 1. The minimum absolute atomic E-state index is 0.0811. The van der Waals surface area contributed by atoms with Crippen molar-refractivity contribution in [1.82, 2.24) is 5.32 Å². The molecule has 1 rings (SSSR count). The van der Waals surface area contributed by atoms with Crippen LogP contribution in [-0.2, 0) is 14.3 Å². The van der Waals surface area contributed by atoms with Crippen LogP contribution in [0, 0.1) is 0 Å². The fourth-order valence-electron chi connectivity index (χ4n) is 1.61. The van der Waals surface area contributed by atoms with Gasteiger partial charge in [0, 0.05) is 6.92 Å². The summed E-state index contributed by atoms with van der Waals surface area (Å²) in [5.74, 6) is -0.0872. The van der Waals surface area contributed by atoms with Gasteiger partial charge < -0.3 is 14.8 Å². The maximum Gasteiger partial charge on any atom is 0.333 e. The lowest BCUT2D eigenvalue weighted by Crippen LogP contribution is -2.32. The van der Waals surface area contributed by atoms with E-state index in [9.17, 15) is 9.59 Å². The normalized spacial score (nSPS) is 11.8. The summed E-state index contributed by atoms with van der Waals surface area (Å²) in [6, 6.07) is 6.18. The predicted octanol–water partition coefficient (Wildman–Crippen LogP) is 1.82. The lowest BCUT2D eigenvalue weighted by Gasteiger charge is -2.16. The highest BCUT2D eigenvalue weighted by molar-refractivity contribution is 5.84. The zero-order valence-corrected chi connectivity index (χ0v) is 11.6. The maximum atomic E-state index is 11.6. The summed E-state index contributed by atoms with van der Waals surface area (Å²) in [5.41, 5.74) is 0.651. The summed E-state index contributed by atoms with van der Waals surface area (Å²) in [5, 5.41) is 2.55. The van der Waals surface area contributed by atoms with Gasteiger partial charge in [0.1, 0.15) is 5.75 Å². The number of rotatable bonds is 5. The minimum Gasteiger partial charge on any atom is -0.491 e. The molecule has 0 saturated carbocycles. The number of amides is 1. The van der Waals surface area contributed by atoms with Crippen molar-refractivity contribution in [2.75, 3.05) is 7.11 Å². The maximum absolute atomic E-state index is 11.6. The van der Waals surface area contributed by atoms with Gasteiger partial charge in [0.25, 0.3) is 0 Å². The molecule has 0 aliphatic heterocycles. The van der Waals surface area contributed by atoms with Crippen molar-refractivity contribution in [2.45, 2.75) is 32.9 Å². The number of esters is 1. The molecule has 0 heterocycles. The van der Waals surface area contributed by atoms with Gasteiger partial charge in [-0.15, -0.1) is 0 Å². The van der Waals surface area contributed by atoms with Gasteiger partial charge in [0.15, 0.2) is 6.04 Å². The highest BCUT2D eigenvalue weighted by Gasteiger charge is 2.22. The fourth-order valence-corrected chi connectivity index (χ4v) is 1.61. The van der Waals surface area contributed by atoms with E-state index in [2.05, 4.69) is 10.1 Å². The Kier molecular flexibility index (Phi) is 5.36. The van der Waals surface area contributed by atoms with Crippen LogP contribution in [0.3, 0.4) is 0 Å². The van der Waals surface area contributed by atoms with Crippen molar-refractivity contribution < 1.29 is 19.1 Å². The molecule has 0 saturated heterocycles.